The number of hydrogen-bond acceptors (Lipinski definition) is 1. The molecule has 1 aliphatic carbocycles. The first-order valence-electron chi connectivity index (χ1n) is 4.99. The van der Waals surface area contributed by atoms with Gasteiger partial charge in [0.15, 0.2) is 0 Å². The summed E-state index contributed by atoms with van der Waals surface area (Å²) in [5.41, 5.74) is -1.36. The molecule has 0 heterocycles. The molecule has 0 aromatic rings. The molecule has 0 aromatic carbocycles. The lowest BCUT2D eigenvalue weighted by molar-refractivity contribution is -0.133. The van der Waals surface area contributed by atoms with Crippen molar-refractivity contribution in [1.82, 2.24) is 5.32 Å². The number of alkyl halides is 2. The molecule has 1 saturated carbocycles. The average molecular weight is 205 g/mol. The number of halogens is 2. The van der Waals surface area contributed by atoms with Crippen molar-refractivity contribution in [1.29, 1.82) is 0 Å². The normalized spacial score (nSPS) is 21.1. The maximum absolute atomic E-state index is 12.5. The van der Waals surface area contributed by atoms with Crippen LogP contribution in [0, 0.1) is 11.3 Å². The maximum atomic E-state index is 12.5. The first-order chi connectivity index (χ1) is 6.40. The van der Waals surface area contributed by atoms with Crippen LogP contribution in [-0.4, -0.2) is 18.4 Å². The van der Waals surface area contributed by atoms with Gasteiger partial charge in [0, 0.05) is 6.04 Å². The van der Waals surface area contributed by atoms with Gasteiger partial charge in [0.05, 0.1) is 0 Å². The molecule has 14 heavy (non-hydrogen) atoms. The lowest BCUT2D eigenvalue weighted by Gasteiger charge is -2.21. The molecule has 2 nitrogen and oxygen atoms in total. The molecule has 0 bridgehead atoms. The predicted octanol–water partition coefficient (Wildman–Crippen LogP) is 2.19. The molecule has 0 aliphatic heterocycles. The summed E-state index contributed by atoms with van der Waals surface area (Å²) in [6, 6.07) is -0.0428. The molecule has 1 amide bonds. The highest BCUT2D eigenvalue weighted by atomic mass is 19.3. The minimum Gasteiger partial charge on any atom is -0.353 e. The molecule has 0 radical (unpaired) electrons. The van der Waals surface area contributed by atoms with Gasteiger partial charge in [0.2, 0.25) is 5.91 Å². The predicted molar refractivity (Wildman–Crippen MR) is 50.1 cm³/mol. The van der Waals surface area contributed by atoms with Crippen molar-refractivity contribution in [3.05, 3.63) is 0 Å². The summed E-state index contributed by atoms with van der Waals surface area (Å²) >= 11 is 0. The number of carbonyl (C=O) groups excluding carboxylic acids is 1. The van der Waals surface area contributed by atoms with E-state index in [0.29, 0.717) is 12.8 Å². The highest BCUT2D eigenvalue weighted by Crippen LogP contribution is 2.50. The second-order valence-corrected chi connectivity index (χ2v) is 4.46. The standard InChI is InChI=1S/C10H17F2NO/c1-6(2)7(3)13-9(14)10(4-5-10)8(11)12/h6-8H,4-5H2,1-3H3,(H,13,14). The van der Waals surface area contributed by atoms with Crippen molar-refractivity contribution in [3.63, 3.8) is 0 Å². The van der Waals surface area contributed by atoms with Gasteiger partial charge in [-0.2, -0.15) is 0 Å². The summed E-state index contributed by atoms with van der Waals surface area (Å²) in [4.78, 5) is 11.5. The van der Waals surface area contributed by atoms with Gasteiger partial charge in [-0.15, -0.1) is 0 Å². The fourth-order valence-corrected chi connectivity index (χ4v) is 1.20. The number of rotatable bonds is 4. The summed E-state index contributed by atoms with van der Waals surface area (Å²) in [5, 5.41) is 2.64. The zero-order valence-corrected chi connectivity index (χ0v) is 8.81. The molecule has 1 aliphatic rings. The number of carbonyl (C=O) groups is 1. The molecule has 0 spiro atoms. The minimum atomic E-state index is -2.53. The van der Waals surface area contributed by atoms with Gasteiger partial charge in [-0.25, -0.2) is 8.78 Å². The van der Waals surface area contributed by atoms with Gasteiger partial charge >= 0.3 is 0 Å². The van der Waals surface area contributed by atoms with Crippen LogP contribution in [0.1, 0.15) is 33.6 Å². The van der Waals surface area contributed by atoms with E-state index in [1.165, 1.54) is 0 Å². The highest BCUT2D eigenvalue weighted by molar-refractivity contribution is 5.86. The lowest BCUT2D eigenvalue weighted by atomic mass is 10.0. The minimum absolute atomic E-state index is 0.0428. The van der Waals surface area contributed by atoms with Gasteiger partial charge in [-0.05, 0) is 25.7 Å². The lowest BCUT2D eigenvalue weighted by Crippen LogP contribution is -2.43. The Labute approximate surface area is 83.1 Å². The van der Waals surface area contributed by atoms with Crippen molar-refractivity contribution in [2.24, 2.45) is 11.3 Å². The first-order valence-corrected chi connectivity index (χ1v) is 4.99. The van der Waals surface area contributed by atoms with Crippen LogP contribution in [0.25, 0.3) is 0 Å². The molecule has 1 atom stereocenters. The molecule has 1 N–H and O–H groups in total. The van der Waals surface area contributed by atoms with E-state index in [-0.39, 0.29) is 12.0 Å². The molecule has 1 rings (SSSR count). The Morgan fingerprint density at radius 1 is 1.29 bits per heavy atom. The van der Waals surface area contributed by atoms with Crippen LogP contribution in [0.2, 0.25) is 0 Å². The van der Waals surface area contributed by atoms with Crippen molar-refractivity contribution in [2.45, 2.75) is 46.1 Å². The smallest absolute Gasteiger partial charge is 0.252 e. The van der Waals surface area contributed by atoms with E-state index in [1.807, 2.05) is 20.8 Å². The summed E-state index contributed by atoms with van der Waals surface area (Å²) in [6.45, 7) is 5.74. The fourth-order valence-electron chi connectivity index (χ4n) is 1.20. The monoisotopic (exact) mass is 205 g/mol. The van der Waals surface area contributed by atoms with E-state index in [0.717, 1.165) is 0 Å². The first kappa shape index (κ1) is 11.4. The van der Waals surface area contributed by atoms with Gasteiger partial charge in [-0.1, -0.05) is 13.8 Å². The highest BCUT2D eigenvalue weighted by Gasteiger charge is 2.57. The Kier molecular flexibility index (Phi) is 3.12. The van der Waals surface area contributed by atoms with Crippen molar-refractivity contribution in [3.8, 4) is 0 Å². The van der Waals surface area contributed by atoms with E-state index >= 15 is 0 Å². The van der Waals surface area contributed by atoms with Crippen LogP contribution in [0.15, 0.2) is 0 Å². The summed E-state index contributed by atoms with van der Waals surface area (Å²) in [5.74, 6) is -0.207. The van der Waals surface area contributed by atoms with Gasteiger partial charge in [-0.3, -0.25) is 4.79 Å². The van der Waals surface area contributed by atoms with Crippen LogP contribution in [0.5, 0.6) is 0 Å². The second-order valence-electron chi connectivity index (χ2n) is 4.46. The second kappa shape index (κ2) is 3.83. The van der Waals surface area contributed by atoms with Gasteiger partial charge in [0.25, 0.3) is 6.43 Å². The number of nitrogens with one attached hydrogen (secondary N) is 1. The summed E-state index contributed by atoms with van der Waals surface area (Å²) < 4.78 is 25.0. The zero-order valence-electron chi connectivity index (χ0n) is 8.81. The van der Waals surface area contributed by atoms with Gasteiger partial charge in [0.1, 0.15) is 5.41 Å². The van der Waals surface area contributed by atoms with E-state index in [4.69, 9.17) is 0 Å². The van der Waals surface area contributed by atoms with Crippen molar-refractivity contribution < 1.29 is 13.6 Å². The molecule has 0 saturated heterocycles. The van der Waals surface area contributed by atoms with Gasteiger partial charge < -0.3 is 5.32 Å². The molecular weight excluding hydrogens is 188 g/mol. The molecular formula is C10H17F2NO. The van der Waals surface area contributed by atoms with Crippen LogP contribution in [0.4, 0.5) is 8.78 Å². The molecule has 1 fully saturated rings. The Balaban J connectivity index is 2.51. The Bertz CT molecular complexity index is 224. The quantitative estimate of drug-likeness (QED) is 0.749. The fraction of sp³-hybridized carbons (Fsp3) is 0.900. The van der Waals surface area contributed by atoms with Crippen LogP contribution < -0.4 is 5.32 Å². The maximum Gasteiger partial charge on any atom is 0.252 e. The van der Waals surface area contributed by atoms with E-state index in [1.54, 1.807) is 0 Å². The Morgan fingerprint density at radius 3 is 2.07 bits per heavy atom. The largest absolute Gasteiger partial charge is 0.353 e. The molecule has 4 heteroatoms. The molecule has 1 unspecified atom stereocenters. The van der Waals surface area contributed by atoms with Crippen LogP contribution in [-0.2, 0) is 4.79 Å². The molecule has 0 aromatic heterocycles. The Hall–Kier alpha value is -0.670. The topological polar surface area (TPSA) is 29.1 Å². The van der Waals surface area contributed by atoms with Crippen LogP contribution >= 0.6 is 0 Å². The van der Waals surface area contributed by atoms with Crippen molar-refractivity contribution >= 4 is 5.91 Å². The average Bonchev–Trinajstić information content (AvgIpc) is 2.83. The van der Waals surface area contributed by atoms with E-state index < -0.39 is 17.7 Å². The number of hydrogen-bond donors (Lipinski definition) is 1. The summed E-state index contributed by atoms with van der Waals surface area (Å²) in [7, 11) is 0. The van der Waals surface area contributed by atoms with E-state index in [9.17, 15) is 13.6 Å². The Morgan fingerprint density at radius 2 is 1.79 bits per heavy atom. The third kappa shape index (κ3) is 2.04. The SMILES string of the molecule is CC(C)C(C)NC(=O)C1(C(F)F)CC1. The summed E-state index contributed by atoms with van der Waals surface area (Å²) in [6.07, 6.45) is -1.88. The third-order valence-corrected chi connectivity index (χ3v) is 3.02. The third-order valence-electron chi connectivity index (χ3n) is 3.02. The van der Waals surface area contributed by atoms with Crippen molar-refractivity contribution in [2.75, 3.05) is 0 Å². The molecule has 82 valence electrons. The zero-order chi connectivity index (χ0) is 10.9. The van der Waals surface area contributed by atoms with Crippen LogP contribution in [0.3, 0.4) is 0 Å². The van der Waals surface area contributed by atoms with E-state index in [2.05, 4.69) is 5.32 Å². The number of amides is 1.